The third-order valence-corrected chi connectivity index (χ3v) is 2.83. The minimum absolute atomic E-state index is 0.0743. The molecule has 6 heteroatoms. The second-order valence-electron chi connectivity index (χ2n) is 3.53. The molecule has 0 radical (unpaired) electrons. The lowest BCUT2D eigenvalue weighted by atomic mass is 10.2. The van der Waals surface area contributed by atoms with Crippen LogP contribution in [-0.4, -0.2) is 40.1 Å². The molecule has 1 amide bonds. The molecule has 96 valence electrons. The first-order valence-electron chi connectivity index (χ1n) is 5.06. The lowest BCUT2D eigenvalue weighted by molar-refractivity contribution is -0.137. The fourth-order valence-electron chi connectivity index (χ4n) is 1.37. The maximum atomic E-state index is 12.0. The molecule has 0 aromatic heterocycles. The van der Waals surface area contributed by atoms with Gasteiger partial charge < -0.3 is 15.1 Å². The Balaban J connectivity index is 2.97. The standard InChI is InChI=1S/C12H12BrNO4/c1-2-5-14(7-11(16)17)12(18)8-3-4-9(13)10(15)6-8/h2-4,6,15H,1,5,7H2,(H,16,17). The summed E-state index contributed by atoms with van der Waals surface area (Å²) >= 11 is 3.10. The van der Waals surface area contributed by atoms with E-state index in [9.17, 15) is 14.7 Å². The molecule has 0 heterocycles. The number of carboxylic acids is 1. The van der Waals surface area contributed by atoms with E-state index in [2.05, 4.69) is 22.5 Å². The van der Waals surface area contributed by atoms with E-state index in [1.165, 1.54) is 24.3 Å². The first kappa shape index (κ1) is 14.2. The lowest BCUT2D eigenvalue weighted by Gasteiger charge is -2.19. The van der Waals surface area contributed by atoms with E-state index < -0.39 is 18.4 Å². The second-order valence-corrected chi connectivity index (χ2v) is 4.39. The molecule has 0 spiro atoms. The summed E-state index contributed by atoms with van der Waals surface area (Å²) in [5.74, 6) is -1.65. The van der Waals surface area contributed by atoms with Crippen molar-refractivity contribution in [2.75, 3.05) is 13.1 Å². The van der Waals surface area contributed by atoms with E-state index in [1.807, 2.05) is 0 Å². The molecule has 0 bridgehead atoms. The highest BCUT2D eigenvalue weighted by Gasteiger charge is 2.18. The largest absolute Gasteiger partial charge is 0.507 e. The van der Waals surface area contributed by atoms with Crippen LogP contribution in [0.15, 0.2) is 35.3 Å². The van der Waals surface area contributed by atoms with Crippen LogP contribution in [0.1, 0.15) is 10.4 Å². The second kappa shape index (κ2) is 6.20. The highest BCUT2D eigenvalue weighted by atomic mass is 79.9. The molecule has 0 atom stereocenters. The number of benzene rings is 1. The number of hydrogen-bond acceptors (Lipinski definition) is 3. The molecule has 18 heavy (non-hydrogen) atoms. The van der Waals surface area contributed by atoms with Crippen molar-refractivity contribution >= 4 is 27.8 Å². The number of nitrogens with zero attached hydrogens (tertiary/aromatic N) is 1. The topological polar surface area (TPSA) is 77.8 Å². The molecule has 0 aliphatic heterocycles. The summed E-state index contributed by atoms with van der Waals surface area (Å²) in [6.07, 6.45) is 1.44. The maximum Gasteiger partial charge on any atom is 0.323 e. The first-order valence-corrected chi connectivity index (χ1v) is 5.85. The Morgan fingerprint density at radius 1 is 1.44 bits per heavy atom. The van der Waals surface area contributed by atoms with Crippen molar-refractivity contribution in [3.8, 4) is 5.75 Å². The van der Waals surface area contributed by atoms with Crippen LogP contribution in [0, 0.1) is 0 Å². The molecule has 2 N–H and O–H groups in total. The Morgan fingerprint density at radius 3 is 2.61 bits per heavy atom. The number of rotatable bonds is 5. The molecular formula is C12H12BrNO4. The Hall–Kier alpha value is -1.82. The fourth-order valence-corrected chi connectivity index (χ4v) is 1.61. The van der Waals surface area contributed by atoms with Crippen molar-refractivity contribution < 1.29 is 19.8 Å². The minimum Gasteiger partial charge on any atom is -0.507 e. The number of carboxylic acid groups (broad SMARTS) is 1. The molecule has 0 saturated carbocycles. The summed E-state index contributed by atoms with van der Waals surface area (Å²) in [5, 5.41) is 18.2. The van der Waals surface area contributed by atoms with Gasteiger partial charge in [0, 0.05) is 12.1 Å². The van der Waals surface area contributed by atoms with Gasteiger partial charge in [-0.1, -0.05) is 6.08 Å². The van der Waals surface area contributed by atoms with E-state index >= 15 is 0 Å². The van der Waals surface area contributed by atoms with Gasteiger partial charge in [-0.05, 0) is 34.1 Å². The summed E-state index contributed by atoms with van der Waals surface area (Å²) < 4.78 is 0.465. The van der Waals surface area contributed by atoms with Crippen molar-refractivity contribution in [1.29, 1.82) is 0 Å². The van der Waals surface area contributed by atoms with Crippen molar-refractivity contribution in [2.24, 2.45) is 0 Å². The molecule has 1 aromatic rings. The van der Waals surface area contributed by atoms with Gasteiger partial charge in [-0.25, -0.2) is 0 Å². The molecule has 0 aliphatic rings. The van der Waals surface area contributed by atoms with Gasteiger partial charge in [-0.3, -0.25) is 9.59 Å². The predicted octanol–water partition coefficient (Wildman–Crippen LogP) is 1.87. The van der Waals surface area contributed by atoms with E-state index in [0.29, 0.717) is 4.47 Å². The number of carbonyl (C=O) groups excluding carboxylic acids is 1. The number of aromatic hydroxyl groups is 1. The van der Waals surface area contributed by atoms with Gasteiger partial charge in [-0.2, -0.15) is 0 Å². The monoisotopic (exact) mass is 313 g/mol. The molecule has 0 saturated heterocycles. The molecule has 0 fully saturated rings. The average molecular weight is 314 g/mol. The summed E-state index contributed by atoms with van der Waals surface area (Å²) in [6.45, 7) is 3.18. The van der Waals surface area contributed by atoms with Crippen LogP contribution >= 0.6 is 15.9 Å². The SMILES string of the molecule is C=CCN(CC(=O)O)C(=O)c1ccc(Br)c(O)c1. The Bertz CT molecular complexity index is 487. The maximum absolute atomic E-state index is 12.0. The van der Waals surface area contributed by atoms with Crippen LogP contribution in [0.25, 0.3) is 0 Å². The summed E-state index contributed by atoms with van der Waals surface area (Å²) in [4.78, 5) is 23.8. The third kappa shape index (κ3) is 3.59. The molecule has 5 nitrogen and oxygen atoms in total. The van der Waals surface area contributed by atoms with Crippen LogP contribution < -0.4 is 0 Å². The molecule has 0 unspecified atom stereocenters. The van der Waals surface area contributed by atoms with Crippen molar-refractivity contribution in [1.82, 2.24) is 4.90 Å². The van der Waals surface area contributed by atoms with Gasteiger partial charge >= 0.3 is 5.97 Å². The van der Waals surface area contributed by atoms with E-state index in [0.717, 1.165) is 4.90 Å². The minimum atomic E-state index is -1.11. The Labute approximate surface area is 112 Å². The number of halogens is 1. The lowest BCUT2D eigenvalue weighted by Crippen LogP contribution is -2.35. The zero-order valence-corrected chi connectivity index (χ0v) is 11.1. The highest BCUT2D eigenvalue weighted by molar-refractivity contribution is 9.10. The Kier molecular flexibility index (Phi) is 4.91. The van der Waals surface area contributed by atoms with Crippen molar-refractivity contribution in [3.63, 3.8) is 0 Å². The van der Waals surface area contributed by atoms with E-state index in [4.69, 9.17) is 5.11 Å². The number of phenols is 1. The third-order valence-electron chi connectivity index (χ3n) is 2.16. The normalized spacial score (nSPS) is 9.83. The van der Waals surface area contributed by atoms with Gasteiger partial charge in [0.1, 0.15) is 12.3 Å². The number of phenolic OH excluding ortho intramolecular Hbond substituents is 1. The van der Waals surface area contributed by atoms with Crippen LogP contribution in [0.5, 0.6) is 5.75 Å². The summed E-state index contributed by atoms with van der Waals surface area (Å²) in [6, 6.07) is 4.31. The van der Waals surface area contributed by atoms with Gasteiger partial charge in [0.15, 0.2) is 0 Å². The molecule has 0 aliphatic carbocycles. The van der Waals surface area contributed by atoms with Crippen LogP contribution in [0.3, 0.4) is 0 Å². The van der Waals surface area contributed by atoms with E-state index in [-0.39, 0.29) is 17.9 Å². The van der Waals surface area contributed by atoms with Gasteiger partial charge in [-0.15, -0.1) is 6.58 Å². The van der Waals surface area contributed by atoms with Crippen molar-refractivity contribution in [3.05, 3.63) is 40.9 Å². The van der Waals surface area contributed by atoms with Crippen LogP contribution in [0.4, 0.5) is 0 Å². The molecule has 1 rings (SSSR count). The zero-order chi connectivity index (χ0) is 13.7. The van der Waals surface area contributed by atoms with Crippen LogP contribution in [-0.2, 0) is 4.79 Å². The molecular weight excluding hydrogens is 302 g/mol. The fraction of sp³-hybridized carbons (Fsp3) is 0.167. The predicted molar refractivity (Wildman–Crippen MR) is 69.5 cm³/mol. The quantitative estimate of drug-likeness (QED) is 0.813. The average Bonchev–Trinajstić information content (AvgIpc) is 2.31. The molecule has 1 aromatic carbocycles. The van der Waals surface area contributed by atoms with Gasteiger partial charge in [0.25, 0.3) is 5.91 Å². The number of carbonyl (C=O) groups is 2. The highest BCUT2D eigenvalue weighted by Crippen LogP contribution is 2.24. The first-order chi connectivity index (χ1) is 8.45. The van der Waals surface area contributed by atoms with Gasteiger partial charge in [0.2, 0.25) is 0 Å². The van der Waals surface area contributed by atoms with Gasteiger partial charge in [0.05, 0.1) is 4.47 Å². The van der Waals surface area contributed by atoms with E-state index in [1.54, 1.807) is 0 Å². The summed E-state index contributed by atoms with van der Waals surface area (Å²) in [5.41, 5.74) is 0.221. The zero-order valence-electron chi connectivity index (χ0n) is 9.47. The summed E-state index contributed by atoms with van der Waals surface area (Å²) in [7, 11) is 0. The Morgan fingerprint density at radius 2 is 2.11 bits per heavy atom. The number of amides is 1. The number of hydrogen-bond donors (Lipinski definition) is 2. The smallest absolute Gasteiger partial charge is 0.323 e. The van der Waals surface area contributed by atoms with Crippen molar-refractivity contribution in [2.45, 2.75) is 0 Å². The number of aliphatic carboxylic acids is 1. The van der Waals surface area contributed by atoms with Crippen LogP contribution in [0.2, 0.25) is 0 Å².